The molecule has 2 N–H and O–H groups in total. The Kier molecular flexibility index (Phi) is 6.17. The maximum Gasteiger partial charge on any atom is 0.261 e. The Balaban J connectivity index is 1.64. The quantitative estimate of drug-likeness (QED) is 0.602. The van der Waals surface area contributed by atoms with Crippen molar-refractivity contribution in [2.24, 2.45) is 0 Å². The predicted octanol–water partition coefficient (Wildman–Crippen LogP) is 4.56. The fourth-order valence-electron chi connectivity index (χ4n) is 2.78. The number of hydrogen-bond acceptors (Lipinski definition) is 3. The number of aryl methyl sites for hydroxylation is 2. The van der Waals surface area contributed by atoms with Crippen molar-refractivity contribution in [1.29, 1.82) is 0 Å². The van der Waals surface area contributed by atoms with Crippen LogP contribution in [0.5, 0.6) is 0 Å². The highest BCUT2D eigenvalue weighted by atomic mass is 32.2. The summed E-state index contributed by atoms with van der Waals surface area (Å²) in [5.74, 6) is -2.58. The summed E-state index contributed by atoms with van der Waals surface area (Å²) in [6, 6.07) is 14.2. The second-order valence-electron chi connectivity index (χ2n) is 6.90. The maximum absolute atomic E-state index is 13.3. The van der Waals surface area contributed by atoms with Gasteiger partial charge in [-0.25, -0.2) is 17.2 Å². The van der Waals surface area contributed by atoms with E-state index in [2.05, 4.69) is 10.0 Å². The molecule has 0 aliphatic heterocycles. The summed E-state index contributed by atoms with van der Waals surface area (Å²) in [5.41, 5.74) is 3.87. The first-order chi connectivity index (χ1) is 14.1. The lowest BCUT2D eigenvalue weighted by Crippen LogP contribution is -2.15. The Morgan fingerprint density at radius 1 is 0.833 bits per heavy atom. The number of benzene rings is 3. The Labute approximate surface area is 173 Å². The van der Waals surface area contributed by atoms with E-state index >= 15 is 0 Å². The molecule has 30 heavy (non-hydrogen) atoms. The lowest BCUT2D eigenvalue weighted by molar-refractivity contribution is -0.115. The minimum Gasteiger partial charge on any atom is -0.326 e. The van der Waals surface area contributed by atoms with Gasteiger partial charge in [0.2, 0.25) is 5.91 Å². The fraction of sp³-hybridized carbons (Fsp3) is 0.136. The first-order valence-electron chi connectivity index (χ1n) is 9.08. The molecule has 0 aliphatic rings. The van der Waals surface area contributed by atoms with Gasteiger partial charge in [-0.1, -0.05) is 18.2 Å². The molecule has 8 heteroatoms. The summed E-state index contributed by atoms with van der Waals surface area (Å²) in [6.45, 7) is 3.98. The second kappa shape index (κ2) is 8.62. The topological polar surface area (TPSA) is 75.3 Å². The normalized spacial score (nSPS) is 11.2. The molecule has 5 nitrogen and oxygen atoms in total. The van der Waals surface area contributed by atoms with Crippen LogP contribution in [0.1, 0.15) is 16.7 Å². The van der Waals surface area contributed by atoms with Crippen molar-refractivity contribution >= 4 is 27.3 Å². The van der Waals surface area contributed by atoms with E-state index in [9.17, 15) is 22.0 Å². The van der Waals surface area contributed by atoms with E-state index in [-0.39, 0.29) is 18.0 Å². The van der Waals surface area contributed by atoms with Gasteiger partial charge in [-0.3, -0.25) is 9.52 Å². The van der Waals surface area contributed by atoms with E-state index in [0.717, 1.165) is 28.8 Å². The van der Waals surface area contributed by atoms with E-state index in [1.807, 2.05) is 32.0 Å². The van der Waals surface area contributed by atoms with Crippen LogP contribution in [-0.2, 0) is 21.2 Å². The van der Waals surface area contributed by atoms with Gasteiger partial charge in [-0.05, 0) is 73.0 Å². The number of nitrogens with one attached hydrogen (secondary N) is 2. The van der Waals surface area contributed by atoms with Gasteiger partial charge in [0, 0.05) is 11.4 Å². The number of amides is 1. The van der Waals surface area contributed by atoms with Gasteiger partial charge in [-0.2, -0.15) is 0 Å². The van der Waals surface area contributed by atoms with Crippen molar-refractivity contribution < 1.29 is 22.0 Å². The SMILES string of the molecule is Cc1ccc(CC(=O)Nc2ccc(NS(=O)(=O)c3ccc(F)c(F)c3)cc2)cc1C. The summed E-state index contributed by atoms with van der Waals surface area (Å²) in [7, 11) is -4.08. The Hall–Kier alpha value is -3.26. The van der Waals surface area contributed by atoms with Gasteiger partial charge in [0.25, 0.3) is 10.0 Å². The highest BCUT2D eigenvalue weighted by Gasteiger charge is 2.16. The van der Waals surface area contributed by atoms with Gasteiger partial charge in [0.1, 0.15) is 0 Å². The monoisotopic (exact) mass is 430 g/mol. The molecule has 0 bridgehead atoms. The van der Waals surface area contributed by atoms with Crippen molar-refractivity contribution in [2.75, 3.05) is 10.0 Å². The molecule has 0 aromatic heterocycles. The molecule has 0 atom stereocenters. The molecule has 0 aliphatic carbocycles. The third-order valence-electron chi connectivity index (χ3n) is 4.56. The number of sulfonamides is 1. The van der Waals surface area contributed by atoms with E-state index < -0.39 is 26.6 Å². The number of anilines is 2. The second-order valence-corrected chi connectivity index (χ2v) is 8.58. The number of halogens is 2. The third kappa shape index (κ3) is 5.21. The summed E-state index contributed by atoms with van der Waals surface area (Å²) >= 11 is 0. The molecule has 0 saturated carbocycles. The van der Waals surface area contributed by atoms with Crippen molar-refractivity contribution in [2.45, 2.75) is 25.2 Å². The van der Waals surface area contributed by atoms with Gasteiger partial charge < -0.3 is 5.32 Å². The largest absolute Gasteiger partial charge is 0.326 e. The summed E-state index contributed by atoms with van der Waals surface area (Å²) < 4.78 is 53.2. The zero-order chi connectivity index (χ0) is 21.9. The molecule has 1 amide bonds. The van der Waals surface area contributed by atoms with Crippen molar-refractivity contribution in [1.82, 2.24) is 0 Å². The minimum atomic E-state index is -4.08. The summed E-state index contributed by atoms with van der Waals surface area (Å²) in [5, 5.41) is 2.75. The smallest absolute Gasteiger partial charge is 0.261 e. The van der Waals surface area contributed by atoms with Crippen LogP contribution in [0.4, 0.5) is 20.2 Å². The van der Waals surface area contributed by atoms with E-state index in [4.69, 9.17) is 0 Å². The maximum atomic E-state index is 13.3. The first-order valence-corrected chi connectivity index (χ1v) is 10.6. The number of hydrogen-bond donors (Lipinski definition) is 2. The van der Waals surface area contributed by atoms with E-state index in [0.29, 0.717) is 11.8 Å². The molecule has 3 aromatic carbocycles. The number of carbonyl (C=O) groups excluding carboxylic acids is 1. The van der Waals surface area contributed by atoms with Gasteiger partial charge in [-0.15, -0.1) is 0 Å². The van der Waals surface area contributed by atoms with Crippen LogP contribution in [-0.4, -0.2) is 14.3 Å². The fourth-order valence-corrected chi connectivity index (χ4v) is 3.85. The van der Waals surface area contributed by atoms with Gasteiger partial charge in [0.15, 0.2) is 11.6 Å². The van der Waals surface area contributed by atoms with Crippen LogP contribution in [0.25, 0.3) is 0 Å². The third-order valence-corrected chi connectivity index (χ3v) is 5.94. The van der Waals surface area contributed by atoms with Crippen molar-refractivity contribution in [3.05, 3.63) is 89.0 Å². The molecule has 3 rings (SSSR count). The van der Waals surface area contributed by atoms with Crippen LogP contribution < -0.4 is 10.0 Å². The first kappa shape index (κ1) is 21.4. The van der Waals surface area contributed by atoms with Gasteiger partial charge >= 0.3 is 0 Å². The molecule has 0 unspecified atom stereocenters. The Morgan fingerprint density at radius 3 is 2.13 bits per heavy atom. The lowest BCUT2D eigenvalue weighted by atomic mass is 10.0. The molecule has 0 radical (unpaired) electrons. The molecule has 0 fully saturated rings. The standard InChI is InChI=1S/C22H20F2N2O3S/c1-14-3-4-16(11-15(14)2)12-22(27)25-17-5-7-18(8-6-17)26-30(28,29)19-9-10-20(23)21(24)13-19/h3-11,13,26H,12H2,1-2H3,(H,25,27). The Bertz CT molecular complexity index is 1190. The van der Waals surface area contributed by atoms with Crippen LogP contribution in [0, 0.1) is 25.5 Å². The Morgan fingerprint density at radius 2 is 1.50 bits per heavy atom. The summed E-state index contributed by atoms with van der Waals surface area (Å²) in [6.07, 6.45) is 0.214. The molecular formula is C22H20F2N2O3S. The van der Waals surface area contributed by atoms with Crippen LogP contribution in [0.3, 0.4) is 0 Å². The molecule has 0 heterocycles. The van der Waals surface area contributed by atoms with E-state index in [1.54, 1.807) is 12.1 Å². The molecule has 0 spiro atoms. The zero-order valence-corrected chi connectivity index (χ0v) is 17.2. The van der Waals surface area contributed by atoms with Gasteiger partial charge in [0.05, 0.1) is 11.3 Å². The van der Waals surface area contributed by atoms with Crippen LogP contribution in [0.2, 0.25) is 0 Å². The number of rotatable bonds is 6. The average molecular weight is 430 g/mol. The van der Waals surface area contributed by atoms with Crippen molar-refractivity contribution in [3.63, 3.8) is 0 Å². The molecule has 156 valence electrons. The minimum absolute atomic E-state index is 0.201. The lowest BCUT2D eigenvalue weighted by Gasteiger charge is -2.10. The van der Waals surface area contributed by atoms with Crippen LogP contribution >= 0.6 is 0 Å². The zero-order valence-electron chi connectivity index (χ0n) is 16.4. The van der Waals surface area contributed by atoms with E-state index in [1.165, 1.54) is 12.1 Å². The molecule has 0 saturated heterocycles. The average Bonchev–Trinajstić information content (AvgIpc) is 2.68. The highest BCUT2D eigenvalue weighted by molar-refractivity contribution is 7.92. The molecular weight excluding hydrogens is 410 g/mol. The predicted molar refractivity (Wildman–Crippen MR) is 112 cm³/mol. The van der Waals surface area contributed by atoms with Crippen molar-refractivity contribution in [3.8, 4) is 0 Å². The summed E-state index contributed by atoms with van der Waals surface area (Å²) in [4.78, 5) is 11.9. The molecule has 3 aromatic rings. The van der Waals surface area contributed by atoms with Crippen LogP contribution in [0.15, 0.2) is 65.6 Å². The highest BCUT2D eigenvalue weighted by Crippen LogP contribution is 2.20. The number of carbonyl (C=O) groups is 1.